The molecule has 0 aromatic heterocycles. The van der Waals surface area contributed by atoms with E-state index in [4.69, 9.17) is 0 Å². The van der Waals surface area contributed by atoms with Gasteiger partial charge in [0.1, 0.15) is 6.04 Å². The Labute approximate surface area is 91.4 Å². The molecule has 2 N–H and O–H groups in total. The van der Waals surface area contributed by atoms with E-state index >= 15 is 0 Å². The zero-order chi connectivity index (χ0) is 11.6. The minimum atomic E-state index is -4.26. The van der Waals surface area contributed by atoms with Crippen LogP contribution < -0.4 is 5.32 Å². The zero-order valence-electron chi connectivity index (χ0n) is 8.59. The standard InChI is InChI=1S/C11H12F3NO/c12-11(13,14)9-3-1-8(2-4-9)10-7-16-6-5-15-10/h1-4,10,15H,5-7H2/p+1/t10-/m1/s1. The van der Waals surface area contributed by atoms with Crippen LogP contribution in [-0.4, -0.2) is 24.5 Å². The van der Waals surface area contributed by atoms with Crippen molar-refractivity contribution in [1.29, 1.82) is 0 Å². The summed E-state index contributed by atoms with van der Waals surface area (Å²) in [5, 5.41) is 3.22. The molecule has 0 saturated carbocycles. The Bertz CT molecular complexity index is 341. The Morgan fingerprint density at radius 1 is 1.19 bits per heavy atom. The molecule has 1 atom stereocenters. The molecule has 0 radical (unpaired) electrons. The van der Waals surface area contributed by atoms with Crippen molar-refractivity contribution in [2.75, 3.05) is 19.8 Å². The van der Waals surface area contributed by atoms with E-state index < -0.39 is 11.7 Å². The number of halogens is 3. The van der Waals surface area contributed by atoms with Crippen LogP contribution in [0.2, 0.25) is 0 Å². The second-order valence-corrected chi connectivity index (χ2v) is 3.76. The lowest BCUT2D eigenvalue weighted by Gasteiger charge is -2.21. The van der Waals surface area contributed by atoms with Crippen LogP contribution >= 0.6 is 0 Å². The highest BCUT2D eigenvalue weighted by Crippen LogP contribution is 2.30. The van der Waals surface area contributed by atoms with Crippen LogP contribution in [0.15, 0.2) is 24.3 Å². The quantitative estimate of drug-likeness (QED) is 0.735. The molecule has 0 amide bonds. The molecule has 1 aromatic rings. The number of ether oxygens (including phenoxy) is 1. The maximum atomic E-state index is 12.3. The first kappa shape index (κ1) is 11.4. The molecule has 0 bridgehead atoms. The Morgan fingerprint density at radius 2 is 1.88 bits per heavy atom. The van der Waals surface area contributed by atoms with Crippen molar-refractivity contribution in [2.45, 2.75) is 12.2 Å². The highest BCUT2D eigenvalue weighted by Gasteiger charge is 2.30. The Balaban J connectivity index is 2.12. The summed E-state index contributed by atoms with van der Waals surface area (Å²) in [6, 6.07) is 5.32. The van der Waals surface area contributed by atoms with Crippen molar-refractivity contribution in [3.8, 4) is 0 Å². The van der Waals surface area contributed by atoms with Gasteiger partial charge in [-0.25, -0.2) is 0 Å². The minimum absolute atomic E-state index is 0.0519. The summed E-state index contributed by atoms with van der Waals surface area (Å²) in [6.45, 7) is 2.19. The van der Waals surface area contributed by atoms with Crippen LogP contribution in [0.1, 0.15) is 17.2 Å². The van der Waals surface area contributed by atoms with Gasteiger partial charge in [-0.15, -0.1) is 0 Å². The molecule has 0 aliphatic carbocycles. The average molecular weight is 232 g/mol. The molecule has 1 aliphatic rings. The predicted octanol–water partition coefficient (Wildman–Crippen LogP) is 1.88. The molecule has 1 aliphatic heterocycles. The zero-order valence-corrected chi connectivity index (χ0v) is 8.59. The molecule has 88 valence electrons. The van der Waals surface area contributed by atoms with Crippen LogP contribution in [0.25, 0.3) is 0 Å². The van der Waals surface area contributed by atoms with E-state index in [1.165, 1.54) is 12.1 Å². The van der Waals surface area contributed by atoms with Gasteiger partial charge < -0.3 is 4.74 Å². The number of rotatable bonds is 1. The van der Waals surface area contributed by atoms with Gasteiger partial charge in [0.25, 0.3) is 0 Å². The molecular weight excluding hydrogens is 219 g/mol. The number of morpholine rings is 1. The van der Waals surface area contributed by atoms with E-state index in [9.17, 15) is 13.2 Å². The van der Waals surface area contributed by atoms with E-state index in [-0.39, 0.29) is 6.04 Å². The second kappa shape index (κ2) is 4.43. The summed E-state index contributed by atoms with van der Waals surface area (Å²) in [4.78, 5) is 0. The molecule has 1 saturated heterocycles. The van der Waals surface area contributed by atoms with Crippen LogP contribution in [0.3, 0.4) is 0 Å². The monoisotopic (exact) mass is 232 g/mol. The van der Waals surface area contributed by atoms with E-state index in [2.05, 4.69) is 10.1 Å². The summed E-state index contributed by atoms with van der Waals surface area (Å²) in [5.41, 5.74) is 0.250. The summed E-state index contributed by atoms with van der Waals surface area (Å²) in [5.74, 6) is 0. The van der Waals surface area contributed by atoms with E-state index in [0.29, 0.717) is 6.61 Å². The first-order chi connectivity index (χ1) is 7.57. The number of benzene rings is 1. The highest BCUT2D eigenvalue weighted by molar-refractivity contribution is 5.27. The number of alkyl halides is 3. The van der Waals surface area contributed by atoms with Gasteiger partial charge in [0.05, 0.1) is 12.1 Å². The van der Waals surface area contributed by atoms with Crippen LogP contribution in [0.5, 0.6) is 0 Å². The fourth-order valence-electron chi connectivity index (χ4n) is 1.73. The minimum Gasteiger partial charge on any atom is -0.431 e. The number of hydrogen-bond donors (Lipinski definition) is 1. The normalized spacial score (nSPS) is 22.1. The van der Waals surface area contributed by atoms with Crippen molar-refractivity contribution < 1.29 is 17.9 Å². The van der Waals surface area contributed by atoms with Crippen molar-refractivity contribution in [3.05, 3.63) is 35.4 Å². The number of nitrogens with one attached hydrogen (secondary N) is 1. The fourth-order valence-corrected chi connectivity index (χ4v) is 1.73. The molecule has 1 aromatic carbocycles. The van der Waals surface area contributed by atoms with Crippen molar-refractivity contribution in [2.24, 2.45) is 0 Å². The number of aliphatic hydroxyl groups is 2. The molecule has 0 spiro atoms. The predicted molar refractivity (Wildman–Crippen MR) is 54.1 cm³/mol. The van der Waals surface area contributed by atoms with Gasteiger partial charge in [-0.05, 0) is 17.7 Å². The van der Waals surface area contributed by atoms with E-state index in [0.717, 1.165) is 30.8 Å². The van der Waals surface area contributed by atoms with Crippen LogP contribution in [0, 0.1) is 0 Å². The van der Waals surface area contributed by atoms with Gasteiger partial charge in [0.2, 0.25) is 0 Å². The molecule has 2 rings (SSSR count). The molecule has 16 heavy (non-hydrogen) atoms. The van der Waals surface area contributed by atoms with Gasteiger partial charge >= 0.3 is 6.18 Å². The first-order valence-corrected chi connectivity index (χ1v) is 5.11. The van der Waals surface area contributed by atoms with Gasteiger partial charge in [0.15, 0.2) is 13.2 Å². The molecular formula is C11H13F3NO+. The summed E-state index contributed by atoms with van der Waals surface area (Å²) in [6.07, 6.45) is -4.26. The average Bonchev–Trinajstić information content (AvgIpc) is 2.29. The van der Waals surface area contributed by atoms with Gasteiger partial charge in [-0.1, -0.05) is 12.1 Å². The lowest BCUT2D eigenvalue weighted by molar-refractivity contribution is -0.137. The fraction of sp³-hybridized carbons (Fsp3) is 0.455. The third kappa shape index (κ3) is 2.54. The third-order valence-corrected chi connectivity index (χ3v) is 2.61. The Kier molecular flexibility index (Phi) is 3.16. The van der Waals surface area contributed by atoms with Gasteiger partial charge in [-0.2, -0.15) is 13.2 Å². The van der Waals surface area contributed by atoms with Gasteiger partial charge in [-0.3, -0.25) is 5.32 Å². The summed E-state index contributed by atoms with van der Waals surface area (Å²) in [7, 11) is 0. The lowest BCUT2D eigenvalue weighted by Crippen LogP contribution is -2.36. The van der Waals surface area contributed by atoms with Crippen molar-refractivity contribution in [1.82, 2.24) is 5.32 Å². The maximum absolute atomic E-state index is 12.3. The molecule has 1 fully saturated rings. The largest absolute Gasteiger partial charge is 0.431 e. The topological polar surface area (TPSA) is 24.8 Å². The molecule has 1 heterocycles. The van der Waals surface area contributed by atoms with Crippen molar-refractivity contribution in [3.63, 3.8) is 0 Å². The van der Waals surface area contributed by atoms with Crippen molar-refractivity contribution >= 4 is 0 Å². The number of hydrogen-bond acceptors (Lipinski definition) is 1. The second-order valence-electron chi connectivity index (χ2n) is 3.76. The maximum Gasteiger partial charge on any atom is 0.416 e. The SMILES string of the molecule is FC(F)(F)c1ccc([C@H]2C[OH+]CCN2)cc1. The lowest BCUT2D eigenvalue weighted by atomic mass is 10.0. The summed E-state index contributed by atoms with van der Waals surface area (Å²) >= 11 is 0. The molecule has 5 heteroatoms. The van der Waals surface area contributed by atoms with Gasteiger partial charge in [0, 0.05) is 0 Å². The summed E-state index contributed by atoms with van der Waals surface area (Å²) < 4.78 is 41.2. The smallest absolute Gasteiger partial charge is 0.416 e. The molecule has 2 nitrogen and oxygen atoms in total. The first-order valence-electron chi connectivity index (χ1n) is 5.11. The third-order valence-electron chi connectivity index (χ3n) is 2.61. The van der Waals surface area contributed by atoms with Crippen LogP contribution in [0.4, 0.5) is 13.2 Å². The van der Waals surface area contributed by atoms with E-state index in [1.54, 1.807) is 0 Å². The van der Waals surface area contributed by atoms with E-state index in [1.807, 2.05) is 0 Å². The Morgan fingerprint density at radius 3 is 2.38 bits per heavy atom. The Hall–Kier alpha value is -1.07. The highest BCUT2D eigenvalue weighted by atomic mass is 19.4. The van der Waals surface area contributed by atoms with Crippen LogP contribution in [-0.2, 0) is 6.18 Å². The molecule has 0 unspecified atom stereocenters.